The summed E-state index contributed by atoms with van der Waals surface area (Å²) in [5, 5.41) is 9.90. The monoisotopic (exact) mass is 210 g/mol. The van der Waals surface area contributed by atoms with Crippen LogP contribution in [-0.2, 0) is 0 Å². The second kappa shape index (κ2) is 4.94. The minimum atomic E-state index is -1.15. The van der Waals surface area contributed by atoms with Gasteiger partial charge in [0, 0.05) is 0 Å². The molecule has 1 rings (SSSR count). The molecule has 1 aliphatic carbocycles. The van der Waals surface area contributed by atoms with Crippen LogP contribution >= 0.6 is 0 Å². The molecule has 0 aromatic carbocycles. The molecule has 0 fully saturated rings. The van der Waals surface area contributed by atoms with Crippen molar-refractivity contribution in [1.29, 1.82) is 0 Å². The fourth-order valence-electron chi connectivity index (χ4n) is 1.64. The van der Waals surface area contributed by atoms with Crippen LogP contribution in [-0.4, -0.2) is 19.3 Å². The fourth-order valence-corrected chi connectivity index (χ4v) is 2.39. The van der Waals surface area contributed by atoms with Gasteiger partial charge in [-0.05, 0) is 31.3 Å². The molecule has 0 spiro atoms. The van der Waals surface area contributed by atoms with Gasteiger partial charge in [0.25, 0.3) is 0 Å². The molecular weight excluding hydrogens is 188 g/mol. The Morgan fingerprint density at radius 1 is 1.36 bits per heavy atom. The number of hydrogen-bond donors (Lipinski definition) is 1. The summed E-state index contributed by atoms with van der Waals surface area (Å²) in [7, 11) is -1.15. The molecule has 0 amide bonds. The van der Waals surface area contributed by atoms with Crippen LogP contribution in [0.15, 0.2) is 23.4 Å². The SMILES string of the molecule is C[Si](C)(C)/C=C/C(O)C1=CCCCC1. The molecule has 0 bridgehead atoms. The highest BCUT2D eigenvalue weighted by Crippen LogP contribution is 2.21. The van der Waals surface area contributed by atoms with E-state index in [0.29, 0.717) is 0 Å². The van der Waals surface area contributed by atoms with Crippen LogP contribution in [0.25, 0.3) is 0 Å². The topological polar surface area (TPSA) is 20.2 Å². The normalized spacial score (nSPS) is 21.0. The van der Waals surface area contributed by atoms with Gasteiger partial charge in [0.15, 0.2) is 0 Å². The number of hydrogen-bond acceptors (Lipinski definition) is 1. The second-order valence-electron chi connectivity index (χ2n) is 5.19. The van der Waals surface area contributed by atoms with Crippen molar-refractivity contribution in [2.75, 3.05) is 0 Å². The van der Waals surface area contributed by atoms with E-state index in [4.69, 9.17) is 0 Å². The third-order valence-corrected chi connectivity index (χ3v) is 3.68. The van der Waals surface area contributed by atoms with Gasteiger partial charge in [-0.1, -0.05) is 37.5 Å². The standard InChI is InChI=1S/C12H22OSi/c1-14(2,3)10-9-12(13)11-7-5-4-6-8-11/h7,9-10,12-13H,4-6,8H2,1-3H3/b10-9+. The molecule has 0 aromatic rings. The van der Waals surface area contributed by atoms with Gasteiger partial charge in [0.2, 0.25) is 0 Å². The molecule has 0 aliphatic heterocycles. The highest BCUT2D eigenvalue weighted by Gasteiger charge is 2.12. The first-order valence-electron chi connectivity index (χ1n) is 5.55. The average molecular weight is 210 g/mol. The predicted octanol–water partition coefficient (Wildman–Crippen LogP) is 3.28. The molecule has 0 aromatic heterocycles. The molecule has 1 unspecified atom stereocenters. The predicted molar refractivity (Wildman–Crippen MR) is 65.0 cm³/mol. The van der Waals surface area contributed by atoms with Crippen LogP contribution in [0.1, 0.15) is 25.7 Å². The molecule has 14 heavy (non-hydrogen) atoms. The van der Waals surface area contributed by atoms with E-state index in [-0.39, 0.29) is 6.10 Å². The van der Waals surface area contributed by atoms with Crippen LogP contribution in [0.5, 0.6) is 0 Å². The Balaban J connectivity index is 2.53. The van der Waals surface area contributed by atoms with Crippen LogP contribution in [0.4, 0.5) is 0 Å². The van der Waals surface area contributed by atoms with E-state index in [2.05, 4.69) is 31.4 Å². The summed E-state index contributed by atoms with van der Waals surface area (Å²) >= 11 is 0. The molecule has 2 heteroatoms. The van der Waals surface area contributed by atoms with E-state index < -0.39 is 8.07 Å². The zero-order valence-corrected chi connectivity index (χ0v) is 10.6. The van der Waals surface area contributed by atoms with Crippen molar-refractivity contribution in [1.82, 2.24) is 0 Å². The first-order valence-corrected chi connectivity index (χ1v) is 9.13. The molecule has 1 nitrogen and oxygen atoms in total. The van der Waals surface area contributed by atoms with Crippen LogP contribution in [0, 0.1) is 0 Å². The van der Waals surface area contributed by atoms with Crippen LogP contribution in [0.2, 0.25) is 19.6 Å². The highest BCUT2D eigenvalue weighted by molar-refractivity contribution is 6.80. The first-order chi connectivity index (χ1) is 6.49. The Labute approximate surface area is 88.5 Å². The van der Waals surface area contributed by atoms with E-state index in [1.54, 1.807) is 0 Å². The smallest absolute Gasteiger partial charge is 0.0928 e. The van der Waals surface area contributed by atoms with Crippen molar-refractivity contribution in [2.24, 2.45) is 0 Å². The van der Waals surface area contributed by atoms with Gasteiger partial charge in [-0.3, -0.25) is 0 Å². The average Bonchev–Trinajstić information content (AvgIpc) is 2.14. The summed E-state index contributed by atoms with van der Waals surface area (Å²) in [6.45, 7) is 6.85. The lowest BCUT2D eigenvalue weighted by Gasteiger charge is -2.17. The minimum Gasteiger partial charge on any atom is -0.385 e. The molecule has 0 heterocycles. The summed E-state index contributed by atoms with van der Waals surface area (Å²) in [6.07, 6.45) is 8.63. The largest absolute Gasteiger partial charge is 0.385 e. The Kier molecular flexibility index (Phi) is 4.14. The molecule has 1 aliphatic rings. The van der Waals surface area contributed by atoms with E-state index in [1.165, 1.54) is 18.4 Å². The number of allylic oxidation sites excluding steroid dienone is 1. The summed E-state index contributed by atoms with van der Waals surface area (Å²) in [5.41, 5.74) is 3.46. The Bertz CT molecular complexity index is 235. The van der Waals surface area contributed by atoms with E-state index in [1.807, 2.05) is 6.08 Å². The molecule has 1 atom stereocenters. The molecule has 0 radical (unpaired) electrons. The lowest BCUT2D eigenvalue weighted by atomic mass is 9.95. The number of rotatable bonds is 3. The highest BCUT2D eigenvalue weighted by atomic mass is 28.3. The Morgan fingerprint density at radius 2 is 2.07 bits per heavy atom. The van der Waals surface area contributed by atoms with Gasteiger partial charge in [0.05, 0.1) is 14.2 Å². The van der Waals surface area contributed by atoms with Crippen molar-refractivity contribution < 1.29 is 5.11 Å². The second-order valence-corrected chi connectivity index (χ2v) is 10.3. The van der Waals surface area contributed by atoms with Crippen molar-refractivity contribution in [3.63, 3.8) is 0 Å². The van der Waals surface area contributed by atoms with Gasteiger partial charge < -0.3 is 5.11 Å². The maximum absolute atomic E-state index is 9.90. The van der Waals surface area contributed by atoms with E-state index in [9.17, 15) is 5.11 Å². The summed E-state index contributed by atoms with van der Waals surface area (Å²) in [6, 6.07) is 0. The van der Waals surface area contributed by atoms with Gasteiger partial charge in [-0.2, -0.15) is 0 Å². The third kappa shape index (κ3) is 4.25. The number of aliphatic hydroxyl groups excluding tert-OH is 1. The first kappa shape index (κ1) is 11.7. The number of aliphatic hydroxyl groups is 1. The maximum Gasteiger partial charge on any atom is 0.0928 e. The van der Waals surface area contributed by atoms with E-state index in [0.717, 1.165) is 12.8 Å². The van der Waals surface area contributed by atoms with Crippen molar-refractivity contribution in [3.05, 3.63) is 23.4 Å². The van der Waals surface area contributed by atoms with Crippen molar-refractivity contribution in [3.8, 4) is 0 Å². The molecule has 1 N–H and O–H groups in total. The summed E-state index contributed by atoms with van der Waals surface area (Å²) < 4.78 is 0. The fraction of sp³-hybridized carbons (Fsp3) is 0.667. The Morgan fingerprint density at radius 3 is 2.57 bits per heavy atom. The van der Waals surface area contributed by atoms with Gasteiger partial charge in [-0.25, -0.2) is 0 Å². The lowest BCUT2D eigenvalue weighted by molar-refractivity contribution is 0.251. The van der Waals surface area contributed by atoms with Crippen LogP contribution < -0.4 is 0 Å². The molecule has 0 saturated carbocycles. The zero-order valence-electron chi connectivity index (χ0n) is 9.59. The lowest BCUT2D eigenvalue weighted by Crippen LogP contribution is -2.18. The molecule has 80 valence electrons. The van der Waals surface area contributed by atoms with Gasteiger partial charge in [-0.15, -0.1) is 0 Å². The van der Waals surface area contributed by atoms with E-state index >= 15 is 0 Å². The minimum absolute atomic E-state index is 0.318. The van der Waals surface area contributed by atoms with Gasteiger partial charge >= 0.3 is 0 Å². The molecular formula is C12H22OSi. The van der Waals surface area contributed by atoms with Crippen molar-refractivity contribution in [2.45, 2.75) is 51.4 Å². The quantitative estimate of drug-likeness (QED) is 0.560. The third-order valence-electron chi connectivity index (χ3n) is 2.48. The summed E-state index contributed by atoms with van der Waals surface area (Å²) in [4.78, 5) is 0. The van der Waals surface area contributed by atoms with Crippen LogP contribution in [0.3, 0.4) is 0 Å². The summed E-state index contributed by atoms with van der Waals surface area (Å²) in [5.74, 6) is 0. The zero-order chi connectivity index (χ0) is 10.6. The van der Waals surface area contributed by atoms with Gasteiger partial charge in [0.1, 0.15) is 0 Å². The maximum atomic E-state index is 9.90. The Hall–Kier alpha value is -0.343. The molecule has 0 saturated heterocycles. The van der Waals surface area contributed by atoms with Crippen molar-refractivity contribution >= 4 is 8.07 Å².